The van der Waals surface area contributed by atoms with Gasteiger partial charge in [-0.2, -0.15) is 0 Å². The van der Waals surface area contributed by atoms with Crippen molar-refractivity contribution >= 4 is 94.6 Å². The van der Waals surface area contributed by atoms with Crippen LogP contribution in [0.25, 0.3) is 87.3 Å². The topological polar surface area (TPSA) is 63.4 Å². The van der Waals surface area contributed by atoms with Crippen LogP contribution in [0.1, 0.15) is 16.7 Å². The molecule has 0 saturated carbocycles. The molecule has 0 amide bonds. The average Bonchev–Trinajstić information content (AvgIpc) is 3.85. The second-order valence-electron chi connectivity index (χ2n) is 14.3. The second-order valence-corrected chi connectivity index (χ2v) is 14.3. The van der Waals surface area contributed by atoms with Crippen molar-refractivity contribution in [2.75, 3.05) is 0 Å². The molecule has 57 heavy (non-hydrogen) atoms. The first kappa shape index (κ1) is 32.8. The minimum Gasteiger partial charge on any atom is -0.455 e. The number of aliphatic imine (C=N–C) groups is 3. The molecule has 0 atom stereocenters. The number of hydrogen-bond acceptors (Lipinski definition) is 3. The van der Waals surface area contributed by atoms with Crippen LogP contribution in [0.4, 0.5) is 0 Å². The Morgan fingerprint density at radius 2 is 1.09 bits per heavy atom. The van der Waals surface area contributed by atoms with Crippen LogP contribution in [-0.4, -0.2) is 18.4 Å². The summed E-state index contributed by atoms with van der Waals surface area (Å²) in [5.41, 5.74) is 8.20. The van der Waals surface area contributed by atoms with Gasteiger partial charge in [0.1, 0.15) is 22.3 Å². The largest absolute Gasteiger partial charge is 0.455 e. The summed E-state index contributed by atoms with van der Waals surface area (Å²) in [6, 6.07) is 60.6. The van der Waals surface area contributed by atoms with E-state index in [1.165, 1.54) is 5.39 Å². The van der Waals surface area contributed by atoms with Gasteiger partial charge in [0.15, 0.2) is 11.7 Å². The van der Waals surface area contributed by atoms with Crippen LogP contribution in [0, 0.1) is 0 Å². The van der Waals surface area contributed by atoms with Gasteiger partial charge in [-0.05, 0) is 69.0 Å². The maximum atomic E-state index is 6.83. The van der Waals surface area contributed by atoms with Crippen molar-refractivity contribution in [1.29, 1.82) is 0 Å². The summed E-state index contributed by atoms with van der Waals surface area (Å²) in [6.07, 6.45) is 0. The van der Waals surface area contributed by atoms with Crippen LogP contribution in [0.3, 0.4) is 0 Å². The normalized spacial score (nSPS) is 12.6. The van der Waals surface area contributed by atoms with Gasteiger partial charge in [0, 0.05) is 43.6 Å². The molecule has 0 aliphatic carbocycles. The zero-order valence-electron chi connectivity index (χ0n) is 30.8. The van der Waals surface area contributed by atoms with Crippen LogP contribution >= 0.6 is 0 Å². The van der Waals surface area contributed by atoms with Gasteiger partial charge in [-0.15, -0.1) is 0 Å². The molecule has 2 heterocycles. The van der Waals surface area contributed by atoms with Crippen LogP contribution in [0.5, 0.6) is 0 Å². The molecular weight excluding hydrogens is 699 g/mol. The van der Waals surface area contributed by atoms with E-state index in [4.69, 9.17) is 18.8 Å². The third-order valence-corrected chi connectivity index (χ3v) is 11.1. The Labute approximate surface area is 327 Å². The van der Waals surface area contributed by atoms with E-state index in [2.05, 4.69) is 139 Å². The van der Waals surface area contributed by atoms with E-state index in [1.54, 1.807) is 0 Å². The number of para-hydroxylation sites is 2. The summed E-state index contributed by atoms with van der Waals surface area (Å²) in [5.74, 6) is 1.05. The minimum absolute atomic E-state index is 0.456. The molecule has 0 fully saturated rings. The van der Waals surface area contributed by atoms with Crippen LogP contribution in [0.2, 0.25) is 0 Å². The summed E-state index contributed by atoms with van der Waals surface area (Å²) >= 11 is 0. The molecule has 0 saturated heterocycles. The van der Waals surface area contributed by atoms with Gasteiger partial charge in [-0.25, -0.2) is 9.98 Å². The lowest BCUT2D eigenvalue weighted by atomic mass is 9.94. The molecule has 2 aromatic heterocycles. The SMILES string of the molecule is C=NC(=NC(=NCc1ccccc1)c1cc2ccccc2c2ccccc12)c1cccc2oc3c(-c4cc5c6ccccc6oc5c5ccccc45)cccc3c12. The van der Waals surface area contributed by atoms with Crippen molar-refractivity contribution in [2.45, 2.75) is 6.54 Å². The van der Waals surface area contributed by atoms with Crippen LogP contribution in [0.15, 0.2) is 200 Å². The van der Waals surface area contributed by atoms with Gasteiger partial charge >= 0.3 is 0 Å². The first-order valence-corrected chi connectivity index (χ1v) is 19.1. The van der Waals surface area contributed by atoms with Gasteiger partial charge in [-0.1, -0.05) is 152 Å². The zero-order chi connectivity index (χ0) is 37.9. The molecule has 11 rings (SSSR count). The minimum atomic E-state index is 0.456. The number of rotatable bonds is 5. The lowest BCUT2D eigenvalue weighted by Crippen LogP contribution is -2.07. The Kier molecular flexibility index (Phi) is 7.64. The van der Waals surface area contributed by atoms with E-state index in [-0.39, 0.29) is 0 Å². The monoisotopic (exact) mass is 731 g/mol. The number of amidine groups is 2. The molecule has 0 spiro atoms. The molecule has 5 heteroatoms. The highest BCUT2D eigenvalue weighted by molar-refractivity contribution is 6.26. The molecule has 268 valence electrons. The summed E-state index contributed by atoms with van der Waals surface area (Å²) in [6.45, 7) is 4.51. The quantitative estimate of drug-likeness (QED) is 0.100. The van der Waals surface area contributed by atoms with Crippen LogP contribution < -0.4 is 0 Å². The Bertz CT molecular complexity index is 3460. The fraction of sp³-hybridized carbons (Fsp3) is 0.0192. The van der Waals surface area contributed by atoms with Crippen molar-refractivity contribution < 1.29 is 8.83 Å². The van der Waals surface area contributed by atoms with Gasteiger partial charge in [0.25, 0.3) is 0 Å². The maximum Gasteiger partial charge on any atom is 0.161 e. The highest BCUT2D eigenvalue weighted by Gasteiger charge is 2.21. The molecule has 0 unspecified atom stereocenters. The van der Waals surface area contributed by atoms with Gasteiger partial charge in [0.05, 0.1) is 6.54 Å². The lowest BCUT2D eigenvalue weighted by molar-refractivity contribution is 0.669. The Balaban J connectivity index is 1.13. The van der Waals surface area contributed by atoms with E-state index in [9.17, 15) is 0 Å². The van der Waals surface area contributed by atoms with E-state index in [0.717, 1.165) is 98.6 Å². The Morgan fingerprint density at radius 3 is 1.93 bits per heavy atom. The maximum absolute atomic E-state index is 6.83. The highest BCUT2D eigenvalue weighted by Crippen LogP contribution is 2.44. The standard InChI is InChI=1S/C52H33N3O2/c1-53-51(55-52(54-31-32-15-3-2-4-16-32)45-29-33-17-5-6-18-34(33)35-19-7-8-20-36(35)45)42-26-14-28-47-48(42)41-25-13-24-40(49(41)57-47)43-30-44-38-22-11-12-27-46(38)56-50(44)39-23-10-9-21-37(39)43/h2-30H,1,31H2. The number of furan rings is 2. The molecule has 5 nitrogen and oxygen atoms in total. The third-order valence-electron chi connectivity index (χ3n) is 11.1. The fourth-order valence-corrected chi connectivity index (χ4v) is 8.47. The molecule has 0 aliphatic heterocycles. The highest BCUT2D eigenvalue weighted by atomic mass is 16.3. The van der Waals surface area contributed by atoms with Gasteiger partial charge < -0.3 is 8.83 Å². The summed E-state index contributed by atoms with van der Waals surface area (Å²) < 4.78 is 13.3. The average molecular weight is 732 g/mol. The van der Waals surface area contributed by atoms with Gasteiger partial charge in [0.2, 0.25) is 0 Å². The number of hydrogen-bond donors (Lipinski definition) is 0. The smallest absolute Gasteiger partial charge is 0.161 e. The Morgan fingerprint density at radius 1 is 0.439 bits per heavy atom. The first-order valence-electron chi connectivity index (χ1n) is 19.1. The number of benzene rings is 9. The zero-order valence-corrected chi connectivity index (χ0v) is 30.8. The van der Waals surface area contributed by atoms with E-state index in [1.807, 2.05) is 48.5 Å². The summed E-state index contributed by atoms with van der Waals surface area (Å²) in [5, 5.41) is 10.7. The number of nitrogens with zero attached hydrogens (tertiary/aromatic N) is 3. The molecular formula is C52H33N3O2. The van der Waals surface area contributed by atoms with Crippen molar-refractivity contribution in [3.05, 3.63) is 193 Å². The van der Waals surface area contributed by atoms with E-state index in [0.29, 0.717) is 18.2 Å². The fourth-order valence-electron chi connectivity index (χ4n) is 8.47. The third kappa shape index (κ3) is 5.35. The van der Waals surface area contributed by atoms with Crippen molar-refractivity contribution in [1.82, 2.24) is 0 Å². The molecule has 0 aliphatic rings. The summed E-state index contributed by atoms with van der Waals surface area (Å²) in [4.78, 5) is 15.1. The van der Waals surface area contributed by atoms with Crippen molar-refractivity contribution in [3.63, 3.8) is 0 Å². The second kappa shape index (κ2) is 13.3. The van der Waals surface area contributed by atoms with Crippen molar-refractivity contribution in [2.24, 2.45) is 15.0 Å². The molecule has 11 aromatic rings. The van der Waals surface area contributed by atoms with E-state index >= 15 is 0 Å². The predicted octanol–water partition coefficient (Wildman–Crippen LogP) is 13.7. The Hall–Kier alpha value is -7.63. The van der Waals surface area contributed by atoms with Crippen molar-refractivity contribution in [3.8, 4) is 11.1 Å². The summed E-state index contributed by atoms with van der Waals surface area (Å²) in [7, 11) is 0. The molecule has 9 aromatic carbocycles. The lowest BCUT2D eigenvalue weighted by Gasteiger charge is -2.12. The molecule has 0 radical (unpaired) electrons. The molecule has 0 bridgehead atoms. The van der Waals surface area contributed by atoms with Gasteiger partial charge in [-0.3, -0.25) is 4.99 Å². The number of fused-ring (bicyclic) bond motifs is 11. The molecule has 0 N–H and O–H groups in total. The van der Waals surface area contributed by atoms with E-state index < -0.39 is 0 Å². The first-order chi connectivity index (χ1) is 28.2. The van der Waals surface area contributed by atoms with Crippen LogP contribution in [-0.2, 0) is 6.54 Å². The predicted molar refractivity (Wildman–Crippen MR) is 238 cm³/mol.